The fourth-order valence-corrected chi connectivity index (χ4v) is 1.75. The molecule has 0 aliphatic heterocycles. The van der Waals surface area contributed by atoms with E-state index in [1.54, 1.807) is 0 Å². The van der Waals surface area contributed by atoms with Crippen LogP contribution in [0.15, 0.2) is 0 Å². The van der Waals surface area contributed by atoms with E-state index in [0.29, 0.717) is 12.5 Å². The van der Waals surface area contributed by atoms with Crippen molar-refractivity contribution in [2.24, 2.45) is 5.92 Å². The summed E-state index contributed by atoms with van der Waals surface area (Å²) >= 11 is 5.54. The van der Waals surface area contributed by atoms with Gasteiger partial charge in [-0.05, 0) is 12.5 Å². The van der Waals surface area contributed by atoms with Crippen molar-refractivity contribution in [2.45, 2.75) is 33.6 Å². The Balaban J connectivity index is 3.61. The largest absolute Gasteiger partial charge is 0.379 e. The highest BCUT2D eigenvalue weighted by molar-refractivity contribution is 6.17. The highest BCUT2D eigenvalue weighted by Crippen LogP contribution is 2.09. The van der Waals surface area contributed by atoms with Gasteiger partial charge >= 0.3 is 0 Å². The first kappa shape index (κ1) is 15.2. The van der Waals surface area contributed by atoms with Crippen LogP contribution in [0.3, 0.4) is 0 Å². The number of rotatable bonds is 10. The summed E-state index contributed by atoms with van der Waals surface area (Å²) in [5.41, 5.74) is 0. The molecule has 0 unspecified atom stereocenters. The second kappa shape index (κ2) is 10.7. The lowest BCUT2D eigenvalue weighted by Gasteiger charge is -2.24. The summed E-state index contributed by atoms with van der Waals surface area (Å²) in [5.74, 6) is 1.43. The van der Waals surface area contributed by atoms with Crippen molar-refractivity contribution in [3.63, 3.8) is 0 Å². The molecule has 0 aromatic rings. The van der Waals surface area contributed by atoms with Crippen molar-refractivity contribution in [1.29, 1.82) is 0 Å². The lowest BCUT2D eigenvalue weighted by Crippen LogP contribution is -2.32. The monoisotopic (exact) mass is 235 g/mol. The Hall–Kier alpha value is 0.210. The Labute approximate surface area is 99.9 Å². The molecule has 0 spiro atoms. The SMILES string of the molecule is CCC(CC)CN(CC)CCOCCCl. The van der Waals surface area contributed by atoms with Crippen LogP contribution in [0, 0.1) is 5.92 Å². The standard InChI is InChI=1S/C12H26ClNO/c1-4-12(5-2)11-14(6-3)8-10-15-9-7-13/h12H,4-11H2,1-3H3. The Morgan fingerprint density at radius 3 is 2.27 bits per heavy atom. The molecule has 0 heterocycles. The summed E-state index contributed by atoms with van der Waals surface area (Å²) < 4.78 is 5.39. The second-order valence-corrected chi connectivity index (χ2v) is 4.26. The van der Waals surface area contributed by atoms with Crippen LogP contribution >= 0.6 is 11.6 Å². The zero-order valence-corrected chi connectivity index (χ0v) is 11.2. The molecule has 0 saturated heterocycles. The number of likely N-dealkylation sites (N-methyl/N-ethyl adjacent to an activating group) is 1. The first-order chi connectivity index (χ1) is 7.28. The van der Waals surface area contributed by atoms with Gasteiger partial charge in [0.25, 0.3) is 0 Å². The molecule has 15 heavy (non-hydrogen) atoms. The zero-order valence-electron chi connectivity index (χ0n) is 10.5. The summed E-state index contributed by atoms with van der Waals surface area (Å²) in [5, 5.41) is 0. The van der Waals surface area contributed by atoms with Crippen molar-refractivity contribution >= 4 is 11.6 Å². The van der Waals surface area contributed by atoms with Gasteiger partial charge in [0.1, 0.15) is 0 Å². The van der Waals surface area contributed by atoms with Gasteiger partial charge in [-0.25, -0.2) is 0 Å². The maximum absolute atomic E-state index is 5.54. The average Bonchev–Trinajstić information content (AvgIpc) is 2.28. The zero-order chi connectivity index (χ0) is 11.5. The van der Waals surface area contributed by atoms with E-state index < -0.39 is 0 Å². The topological polar surface area (TPSA) is 12.5 Å². The molecule has 2 nitrogen and oxygen atoms in total. The molecule has 0 atom stereocenters. The first-order valence-corrected chi connectivity index (χ1v) is 6.67. The maximum atomic E-state index is 5.54. The number of hydrogen-bond donors (Lipinski definition) is 0. The summed E-state index contributed by atoms with van der Waals surface area (Å²) in [6, 6.07) is 0. The maximum Gasteiger partial charge on any atom is 0.0602 e. The average molecular weight is 236 g/mol. The molecular weight excluding hydrogens is 210 g/mol. The molecule has 0 aliphatic rings. The molecule has 0 bridgehead atoms. The van der Waals surface area contributed by atoms with E-state index >= 15 is 0 Å². The van der Waals surface area contributed by atoms with Gasteiger partial charge in [-0.3, -0.25) is 0 Å². The van der Waals surface area contributed by atoms with Gasteiger partial charge in [0.05, 0.1) is 13.2 Å². The lowest BCUT2D eigenvalue weighted by atomic mass is 10.0. The van der Waals surface area contributed by atoms with Crippen LogP contribution in [0.1, 0.15) is 33.6 Å². The van der Waals surface area contributed by atoms with Crippen LogP contribution in [0.25, 0.3) is 0 Å². The Morgan fingerprint density at radius 1 is 1.13 bits per heavy atom. The summed E-state index contributed by atoms with van der Waals surface area (Å²) in [4.78, 5) is 2.46. The Morgan fingerprint density at radius 2 is 1.80 bits per heavy atom. The minimum atomic E-state index is 0.596. The smallest absolute Gasteiger partial charge is 0.0602 e. The molecule has 0 N–H and O–H groups in total. The van der Waals surface area contributed by atoms with Crippen molar-refractivity contribution in [1.82, 2.24) is 4.90 Å². The highest BCUT2D eigenvalue weighted by atomic mass is 35.5. The van der Waals surface area contributed by atoms with E-state index in [1.165, 1.54) is 19.4 Å². The number of hydrogen-bond acceptors (Lipinski definition) is 2. The van der Waals surface area contributed by atoms with E-state index in [1.807, 2.05) is 0 Å². The molecule has 0 aliphatic carbocycles. The van der Waals surface area contributed by atoms with Crippen molar-refractivity contribution in [3.05, 3.63) is 0 Å². The van der Waals surface area contributed by atoms with Gasteiger partial charge in [-0.1, -0.05) is 33.6 Å². The molecule has 92 valence electrons. The van der Waals surface area contributed by atoms with Gasteiger partial charge in [0.2, 0.25) is 0 Å². The fraction of sp³-hybridized carbons (Fsp3) is 1.00. The number of ether oxygens (including phenoxy) is 1. The first-order valence-electron chi connectivity index (χ1n) is 6.14. The normalized spacial score (nSPS) is 11.6. The van der Waals surface area contributed by atoms with Crippen LogP contribution in [-0.4, -0.2) is 43.6 Å². The van der Waals surface area contributed by atoms with Crippen molar-refractivity contribution in [3.8, 4) is 0 Å². The minimum absolute atomic E-state index is 0.596. The summed E-state index contributed by atoms with van der Waals surface area (Å²) in [6.07, 6.45) is 2.55. The number of alkyl halides is 1. The van der Waals surface area contributed by atoms with Gasteiger partial charge in [0.15, 0.2) is 0 Å². The molecule has 0 radical (unpaired) electrons. The summed E-state index contributed by atoms with van der Waals surface area (Å²) in [7, 11) is 0. The predicted molar refractivity (Wildman–Crippen MR) is 67.7 cm³/mol. The third-order valence-electron chi connectivity index (χ3n) is 2.89. The lowest BCUT2D eigenvalue weighted by molar-refractivity contribution is 0.109. The fourth-order valence-electron chi connectivity index (χ4n) is 1.64. The quantitative estimate of drug-likeness (QED) is 0.426. The third kappa shape index (κ3) is 8.06. The number of nitrogens with zero attached hydrogens (tertiary/aromatic N) is 1. The molecular formula is C12H26ClNO. The van der Waals surface area contributed by atoms with E-state index in [0.717, 1.165) is 25.6 Å². The molecule has 0 fully saturated rings. The third-order valence-corrected chi connectivity index (χ3v) is 3.05. The minimum Gasteiger partial charge on any atom is -0.379 e. The molecule has 0 rings (SSSR count). The van der Waals surface area contributed by atoms with E-state index in [2.05, 4.69) is 25.7 Å². The molecule has 0 aromatic heterocycles. The molecule has 0 amide bonds. The molecule has 3 heteroatoms. The number of halogens is 1. The van der Waals surface area contributed by atoms with Crippen LogP contribution in [0.5, 0.6) is 0 Å². The second-order valence-electron chi connectivity index (χ2n) is 3.88. The van der Waals surface area contributed by atoms with Crippen molar-refractivity contribution < 1.29 is 4.74 Å². The Kier molecular flexibility index (Phi) is 10.9. The van der Waals surface area contributed by atoms with E-state index in [4.69, 9.17) is 16.3 Å². The van der Waals surface area contributed by atoms with E-state index in [-0.39, 0.29) is 0 Å². The molecule has 0 aromatic carbocycles. The van der Waals surface area contributed by atoms with Gasteiger partial charge in [0, 0.05) is 19.0 Å². The van der Waals surface area contributed by atoms with Crippen LogP contribution < -0.4 is 0 Å². The summed E-state index contributed by atoms with van der Waals surface area (Å²) in [6.45, 7) is 11.6. The van der Waals surface area contributed by atoms with E-state index in [9.17, 15) is 0 Å². The van der Waals surface area contributed by atoms with Crippen LogP contribution in [0.4, 0.5) is 0 Å². The van der Waals surface area contributed by atoms with Crippen LogP contribution in [0.2, 0.25) is 0 Å². The van der Waals surface area contributed by atoms with Gasteiger partial charge < -0.3 is 9.64 Å². The van der Waals surface area contributed by atoms with Gasteiger partial charge in [-0.2, -0.15) is 0 Å². The van der Waals surface area contributed by atoms with Crippen LogP contribution in [-0.2, 0) is 4.74 Å². The van der Waals surface area contributed by atoms with Crippen molar-refractivity contribution in [2.75, 3.05) is 38.7 Å². The highest BCUT2D eigenvalue weighted by Gasteiger charge is 2.09. The Bertz CT molecular complexity index is 129. The predicted octanol–water partition coefficient (Wildman–Crippen LogP) is 3.00. The van der Waals surface area contributed by atoms with Gasteiger partial charge in [-0.15, -0.1) is 11.6 Å². The molecule has 0 saturated carbocycles.